The van der Waals surface area contributed by atoms with E-state index in [1.165, 1.54) is 11.1 Å². The van der Waals surface area contributed by atoms with Crippen LogP contribution in [-0.4, -0.2) is 9.97 Å². The van der Waals surface area contributed by atoms with E-state index in [1.807, 2.05) is 12.1 Å². The summed E-state index contributed by atoms with van der Waals surface area (Å²) in [6.07, 6.45) is 0. The Kier molecular flexibility index (Phi) is 3.95. The van der Waals surface area contributed by atoms with Crippen molar-refractivity contribution < 1.29 is 0 Å². The molecule has 0 amide bonds. The van der Waals surface area contributed by atoms with Gasteiger partial charge in [0.25, 0.3) is 0 Å². The fourth-order valence-corrected chi connectivity index (χ4v) is 3.24. The number of hydrogen-bond donors (Lipinski definition) is 1. The first-order valence-electron chi connectivity index (χ1n) is 8.50. The van der Waals surface area contributed by atoms with E-state index in [2.05, 4.69) is 85.6 Å². The highest BCUT2D eigenvalue weighted by Crippen LogP contribution is 2.33. The second kappa shape index (κ2) is 6.40. The van der Waals surface area contributed by atoms with Crippen LogP contribution < -0.4 is 0 Å². The highest BCUT2D eigenvalue weighted by molar-refractivity contribution is 5.81. The Bertz CT molecular complexity index is 922. The fraction of sp³-hybridized carbons (Fsp3) is 0.0870. The molecule has 122 valence electrons. The van der Waals surface area contributed by atoms with Crippen LogP contribution in [0, 0.1) is 13.8 Å². The van der Waals surface area contributed by atoms with E-state index in [4.69, 9.17) is 4.98 Å². The van der Waals surface area contributed by atoms with Crippen LogP contribution in [0.15, 0.2) is 78.9 Å². The van der Waals surface area contributed by atoms with Crippen molar-refractivity contribution in [3.05, 3.63) is 90.0 Å². The summed E-state index contributed by atoms with van der Waals surface area (Å²) in [4.78, 5) is 8.51. The smallest absolute Gasteiger partial charge is 0.138 e. The van der Waals surface area contributed by atoms with Gasteiger partial charge in [-0.25, -0.2) is 4.98 Å². The van der Waals surface area contributed by atoms with Gasteiger partial charge in [-0.15, -0.1) is 0 Å². The second-order valence-corrected chi connectivity index (χ2v) is 6.42. The number of H-pyrrole nitrogens is 1. The SMILES string of the molecule is Cc1cc(C)cc(-c2nc(-c3ccccc3)c(-c3ccccc3)[nH]2)c1. The predicted molar refractivity (Wildman–Crippen MR) is 104 cm³/mol. The van der Waals surface area contributed by atoms with Gasteiger partial charge in [-0.1, -0.05) is 77.9 Å². The molecule has 0 aliphatic carbocycles. The average Bonchev–Trinajstić information content (AvgIpc) is 3.08. The quantitative estimate of drug-likeness (QED) is 0.490. The molecule has 0 atom stereocenters. The van der Waals surface area contributed by atoms with E-state index in [9.17, 15) is 0 Å². The monoisotopic (exact) mass is 324 g/mol. The summed E-state index contributed by atoms with van der Waals surface area (Å²) in [6.45, 7) is 4.24. The molecule has 1 aromatic heterocycles. The van der Waals surface area contributed by atoms with Crippen LogP contribution in [0.2, 0.25) is 0 Å². The molecule has 25 heavy (non-hydrogen) atoms. The van der Waals surface area contributed by atoms with Crippen molar-refractivity contribution in [2.24, 2.45) is 0 Å². The Balaban J connectivity index is 1.92. The number of aromatic amines is 1. The lowest BCUT2D eigenvalue weighted by molar-refractivity contribution is 1.28. The largest absolute Gasteiger partial charge is 0.337 e. The first-order valence-corrected chi connectivity index (χ1v) is 8.50. The summed E-state index contributed by atoms with van der Waals surface area (Å²) in [6, 6.07) is 27.3. The van der Waals surface area contributed by atoms with Crippen molar-refractivity contribution in [3.8, 4) is 33.9 Å². The third kappa shape index (κ3) is 3.11. The third-order valence-corrected chi connectivity index (χ3v) is 4.31. The molecule has 0 fully saturated rings. The molecule has 0 spiro atoms. The molecule has 1 N–H and O–H groups in total. The van der Waals surface area contributed by atoms with Crippen molar-refractivity contribution in [3.63, 3.8) is 0 Å². The van der Waals surface area contributed by atoms with Crippen molar-refractivity contribution in [1.82, 2.24) is 9.97 Å². The van der Waals surface area contributed by atoms with Gasteiger partial charge >= 0.3 is 0 Å². The van der Waals surface area contributed by atoms with Crippen LogP contribution in [-0.2, 0) is 0 Å². The molecular formula is C23H20N2. The summed E-state index contributed by atoms with van der Waals surface area (Å²) in [5, 5.41) is 0. The van der Waals surface area contributed by atoms with E-state index in [-0.39, 0.29) is 0 Å². The van der Waals surface area contributed by atoms with Crippen molar-refractivity contribution in [2.75, 3.05) is 0 Å². The van der Waals surface area contributed by atoms with Gasteiger partial charge in [0.05, 0.1) is 11.4 Å². The molecule has 0 radical (unpaired) electrons. The standard InChI is InChI=1S/C23H20N2/c1-16-13-17(2)15-20(14-16)23-24-21(18-9-5-3-6-10-18)22(25-23)19-11-7-4-8-12-19/h3-15H,1-2H3,(H,24,25). The first kappa shape index (κ1) is 15.4. The second-order valence-electron chi connectivity index (χ2n) is 6.42. The Hall–Kier alpha value is -3.13. The van der Waals surface area contributed by atoms with Gasteiger partial charge in [-0.05, 0) is 26.0 Å². The molecule has 2 heteroatoms. The number of hydrogen-bond acceptors (Lipinski definition) is 1. The minimum absolute atomic E-state index is 0.907. The maximum atomic E-state index is 4.95. The molecule has 0 unspecified atom stereocenters. The van der Waals surface area contributed by atoms with E-state index in [0.29, 0.717) is 0 Å². The molecule has 1 heterocycles. The summed E-state index contributed by atoms with van der Waals surface area (Å²) in [7, 11) is 0. The zero-order valence-corrected chi connectivity index (χ0v) is 14.5. The van der Waals surface area contributed by atoms with Crippen molar-refractivity contribution in [2.45, 2.75) is 13.8 Å². The van der Waals surface area contributed by atoms with E-state index >= 15 is 0 Å². The number of rotatable bonds is 3. The number of benzene rings is 3. The van der Waals surface area contributed by atoms with Crippen LogP contribution in [0.5, 0.6) is 0 Å². The lowest BCUT2D eigenvalue weighted by atomic mass is 10.1. The Morgan fingerprint density at radius 2 is 1.20 bits per heavy atom. The lowest BCUT2D eigenvalue weighted by Crippen LogP contribution is -1.85. The Morgan fingerprint density at radius 1 is 0.640 bits per heavy atom. The molecule has 0 saturated carbocycles. The highest BCUT2D eigenvalue weighted by Gasteiger charge is 2.15. The predicted octanol–water partition coefficient (Wildman–Crippen LogP) is 6.03. The third-order valence-electron chi connectivity index (χ3n) is 4.31. The van der Waals surface area contributed by atoms with Gasteiger partial charge in [-0.3, -0.25) is 0 Å². The van der Waals surface area contributed by atoms with Gasteiger partial charge in [0, 0.05) is 16.7 Å². The number of aromatic nitrogens is 2. The normalized spacial score (nSPS) is 10.8. The Labute approximate surface area is 148 Å². The van der Waals surface area contributed by atoms with Gasteiger partial charge < -0.3 is 4.98 Å². The van der Waals surface area contributed by atoms with Crippen molar-refractivity contribution >= 4 is 0 Å². The van der Waals surface area contributed by atoms with E-state index in [0.717, 1.165) is 33.9 Å². The molecule has 4 aromatic rings. The van der Waals surface area contributed by atoms with Gasteiger partial charge in [0.2, 0.25) is 0 Å². The van der Waals surface area contributed by atoms with Gasteiger partial charge in [0.1, 0.15) is 5.82 Å². The van der Waals surface area contributed by atoms with Gasteiger partial charge in [-0.2, -0.15) is 0 Å². The summed E-state index contributed by atoms with van der Waals surface area (Å²) in [5.41, 5.74) is 7.92. The molecule has 0 aliphatic heterocycles. The maximum Gasteiger partial charge on any atom is 0.138 e. The number of nitrogens with one attached hydrogen (secondary N) is 1. The summed E-state index contributed by atoms with van der Waals surface area (Å²) >= 11 is 0. The molecular weight excluding hydrogens is 304 g/mol. The number of imidazole rings is 1. The van der Waals surface area contributed by atoms with Gasteiger partial charge in [0.15, 0.2) is 0 Å². The first-order chi connectivity index (χ1) is 12.2. The van der Waals surface area contributed by atoms with Crippen LogP contribution in [0.25, 0.3) is 33.9 Å². The maximum absolute atomic E-state index is 4.95. The summed E-state index contributed by atoms with van der Waals surface area (Å²) in [5.74, 6) is 0.907. The minimum Gasteiger partial charge on any atom is -0.337 e. The topological polar surface area (TPSA) is 28.7 Å². The number of aryl methyl sites for hydroxylation is 2. The van der Waals surface area contributed by atoms with Crippen LogP contribution in [0.3, 0.4) is 0 Å². The van der Waals surface area contributed by atoms with Crippen molar-refractivity contribution in [1.29, 1.82) is 0 Å². The van der Waals surface area contributed by atoms with E-state index < -0.39 is 0 Å². The Morgan fingerprint density at radius 3 is 1.80 bits per heavy atom. The average molecular weight is 324 g/mol. The zero-order chi connectivity index (χ0) is 17.2. The van der Waals surface area contributed by atoms with Crippen LogP contribution >= 0.6 is 0 Å². The molecule has 3 aromatic carbocycles. The fourth-order valence-electron chi connectivity index (χ4n) is 3.24. The lowest BCUT2D eigenvalue weighted by Gasteiger charge is -2.02. The molecule has 2 nitrogen and oxygen atoms in total. The van der Waals surface area contributed by atoms with Crippen LogP contribution in [0.4, 0.5) is 0 Å². The minimum atomic E-state index is 0.907. The van der Waals surface area contributed by atoms with Crippen LogP contribution in [0.1, 0.15) is 11.1 Å². The molecule has 4 rings (SSSR count). The molecule has 0 saturated heterocycles. The van der Waals surface area contributed by atoms with E-state index in [1.54, 1.807) is 0 Å². The number of nitrogens with zero attached hydrogens (tertiary/aromatic N) is 1. The zero-order valence-electron chi connectivity index (χ0n) is 14.5. The summed E-state index contributed by atoms with van der Waals surface area (Å²) < 4.78 is 0. The molecule has 0 bridgehead atoms. The highest BCUT2D eigenvalue weighted by atomic mass is 14.9. The molecule has 0 aliphatic rings.